The number of aromatic nitrogens is 1. The van der Waals surface area contributed by atoms with Gasteiger partial charge in [0.25, 0.3) is 0 Å². The Morgan fingerprint density at radius 2 is 1.55 bits per heavy atom. The molecule has 0 aliphatic carbocycles. The van der Waals surface area contributed by atoms with E-state index in [1.807, 2.05) is 38.1 Å². The Bertz CT molecular complexity index is 1120. The Kier molecular flexibility index (Phi) is 6.06. The summed E-state index contributed by atoms with van der Waals surface area (Å²) in [4.78, 5) is 0. The highest BCUT2D eigenvalue weighted by atomic mass is 79.9. The van der Waals surface area contributed by atoms with Gasteiger partial charge in [-0.15, -0.1) is 0 Å². The molecule has 148 valence electrons. The van der Waals surface area contributed by atoms with Crippen molar-refractivity contribution in [3.05, 3.63) is 85.6 Å². The van der Waals surface area contributed by atoms with Gasteiger partial charge in [0.15, 0.2) is 0 Å². The van der Waals surface area contributed by atoms with Crippen LogP contribution in [0.3, 0.4) is 0 Å². The van der Waals surface area contributed by atoms with Crippen LogP contribution in [0.5, 0.6) is 0 Å². The molecule has 0 amide bonds. The fourth-order valence-corrected chi connectivity index (χ4v) is 3.98. The summed E-state index contributed by atoms with van der Waals surface area (Å²) in [5.74, 6) is 0. The zero-order chi connectivity index (χ0) is 21.3. The molecule has 0 atom stereocenters. The van der Waals surface area contributed by atoms with Crippen molar-refractivity contribution in [2.45, 2.75) is 20.0 Å². The summed E-state index contributed by atoms with van der Waals surface area (Å²) in [5, 5.41) is 9.61. The molecule has 0 saturated heterocycles. The van der Waals surface area contributed by atoms with Crippen LogP contribution in [0, 0.1) is 25.2 Å². The van der Waals surface area contributed by atoms with Gasteiger partial charge in [-0.2, -0.15) is 18.4 Å². The van der Waals surface area contributed by atoms with Gasteiger partial charge in [-0.25, -0.2) is 0 Å². The van der Waals surface area contributed by atoms with Crippen molar-refractivity contribution >= 4 is 43.5 Å². The van der Waals surface area contributed by atoms with E-state index in [4.69, 9.17) is 0 Å². The third kappa shape index (κ3) is 4.34. The maximum atomic E-state index is 12.8. The van der Waals surface area contributed by atoms with Gasteiger partial charge < -0.3 is 4.57 Å². The zero-order valence-electron chi connectivity index (χ0n) is 15.5. The van der Waals surface area contributed by atoms with E-state index in [0.717, 1.165) is 43.7 Å². The van der Waals surface area contributed by atoms with Crippen LogP contribution >= 0.6 is 31.9 Å². The summed E-state index contributed by atoms with van der Waals surface area (Å²) in [6, 6.07) is 14.6. The van der Waals surface area contributed by atoms with E-state index < -0.39 is 11.7 Å². The van der Waals surface area contributed by atoms with Gasteiger partial charge in [-0.1, -0.05) is 28.1 Å². The van der Waals surface area contributed by atoms with Crippen molar-refractivity contribution < 1.29 is 13.2 Å². The SMILES string of the molecule is Cc1c(Br)c(/C=C(/C#N)c2ccc(C(F)(F)F)cc2)c(C)n1-c1ccc(Br)cc1. The lowest BCUT2D eigenvalue weighted by molar-refractivity contribution is -0.137. The molecule has 3 rings (SSSR count). The van der Waals surface area contributed by atoms with Crippen LogP contribution in [-0.4, -0.2) is 4.57 Å². The highest BCUT2D eigenvalue weighted by Crippen LogP contribution is 2.35. The largest absolute Gasteiger partial charge is 0.416 e. The summed E-state index contributed by atoms with van der Waals surface area (Å²) in [5.41, 5.74) is 3.63. The molecule has 0 radical (unpaired) electrons. The van der Waals surface area contributed by atoms with Crippen LogP contribution in [0.1, 0.15) is 28.1 Å². The van der Waals surface area contributed by atoms with Gasteiger partial charge in [0.1, 0.15) is 0 Å². The van der Waals surface area contributed by atoms with Crippen molar-refractivity contribution in [1.82, 2.24) is 4.57 Å². The molecule has 0 N–H and O–H groups in total. The summed E-state index contributed by atoms with van der Waals surface area (Å²) in [7, 11) is 0. The van der Waals surface area contributed by atoms with Crippen LogP contribution in [0.15, 0.2) is 57.5 Å². The maximum absolute atomic E-state index is 12.8. The monoisotopic (exact) mass is 522 g/mol. The minimum atomic E-state index is -4.41. The Hall–Kier alpha value is -2.30. The molecule has 1 aromatic heterocycles. The van der Waals surface area contributed by atoms with Gasteiger partial charge in [-0.3, -0.25) is 0 Å². The first kappa shape index (κ1) is 21.4. The molecule has 0 bridgehead atoms. The minimum Gasteiger partial charge on any atom is -0.317 e. The standard InChI is InChI=1S/C22H15Br2F3N2/c1-13-20(21(24)14(2)29(13)19-9-7-18(23)8-10-19)11-16(12-28)15-3-5-17(6-4-15)22(25,26)27/h3-11H,1-2H3/b16-11-. The molecule has 0 aliphatic heterocycles. The molecular formula is C22H15Br2F3N2. The number of alkyl halides is 3. The Labute approximate surface area is 183 Å². The average molecular weight is 524 g/mol. The van der Waals surface area contributed by atoms with Crippen LogP contribution in [0.4, 0.5) is 13.2 Å². The lowest BCUT2D eigenvalue weighted by atomic mass is 10.0. The second-order valence-corrected chi connectivity index (χ2v) is 8.16. The number of halogens is 5. The predicted octanol–water partition coefficient (Wildman–Crippen LogP) is 7.70. The fourth-order valence-electron chi connectivity index (χ4n) is 3.13. The Morgan fingerprint density at radius 1 is 0.966 bits per heavy atom. The van der Waals surface area contributed by atoms with E-state index in [2.05, 4.69) is 42.5 Å². The normalized spacial score (nSPS) is 12.1. The van der Waals surface area contributed by atoms with Crippen LogP contribution in [0.2, 0.25) is 0 Å². The van der Waals surface area contributed by atoms with Crippen molar-refractivity contribution in [2.75, 3.05) is 0 Å². The van der Waals surface area contributed by atoms with E-state index in [-0.39, 0.29) is 5.57 Å². The molecule has 3 aromatic rings. The molecule has 29 heavy (non-hydrogen) atoms. The lowest BCUT2D eigenvalue weighted by Crippen LogP contribution is -2.04. The molecule has 1 heterocycles. The number of hydrogen-bond acceptors (Lipinski definition) is 1. The third-order valence-electron chi connectivity index (χ3n) is 4.63. The number of nitriles is 1. The number of hydrogen-bond donors (Lipinski definition) is 0. The molecule has 0 fully saturated rings. The topological polar surface area (TPSA) is 28.7 Å². The zero-order valence-corrected chi connectivity index (χ0v) is 18.7. The van der Waals surface area contributed by atoms with Crippen LogP contribution in [-0.2, 0) is 6.18 Å². The highest BCUT2D eigenvalue weighted by Gasteiger charge is 2.30. The second-order valence-electron chi connectivity index (χ2n) is 6.46. The van der Waals surface area contributed by atoms with Crippen LogP contribution in [0.25, 0.3) is 17.3 Å². The molecule has 2 nitrogen and oxygen atoms in total. The van der Waals surface area contributed by atoms with E-state index >= 15 is 0 Å². The molecular weight excluding hydrogens is 509 g/mol. The average Bonchev–Trinajstić information content (AvgIpc) is 2.89. The summed E-state index contributed by atoms with van der Waals surface area (Å²) in [6.07, 6.45) is -2.71. The van der Waals surface area contributed by atoms with Gasteiger partial charge in [0.05, 0.1) is 17.2 Å². The number of rotatable bonds is 3. The quantitative estimate of drug-likeness (QED) is 0.323. The number of benzene rings is 2. The number of nitrogens with zero attached hydrogens (tertiary/aromatic N) is 2. The fraction of sp³-hybridized carbons (Fsp3) is 0.136. The van der Waals surface area contributed by atoms with Crippen molar-refractivity contribution in [3.8, 4) is 11.8 Å². The van der Waals surface area contributed by atoms with Crippen molar-refractivity contribution in [2.24, 2.45) is 0 Å². The van der Waals surface area contributed by atoms with Crippen LogP contribution < -0.4 is 0 Å². The second kappa shape index (κ2) is 8.21. The maximum Gasteiger partial charge on any atom is 0.416 e. The number of allylic oxidation sites excluding steroid dienone is 1. The third-order valence-corrected chi connectivity index (χ3v) is 6.16. The first-order valence-electron chi connectivity index (χ1n) is 8.56. The van der Waals surface area contributed by atoms with E-state index in [1.165, 1.54) is 12.1 Å². The van der Waals surface area contributed by atoms with Gasteiger partial charge in [0.2, 0.25) is 0 Å². The molecule has 0 saturated carbocycles. The summed E-state index contributed by atoms with van der Waals surface area (Å²) < 4.78 is 42.3. The Morgan fingerprint density at radius 3 is 2.07 bits per heavy atom. The van der Waals surface area contributed by atoms with E-state index in [9.17, 15) is 18.4 Å². The van der Waals surface area contributed by atoms with Crippen molar-refractivity contribution in [1.29, 1.82) is 5.26 Å². The predicted molar refractivity (Wildman–Crippen MR) is 116 cm³/mol. The Balaban J connectivity index is 2.08. The van der Waals surface area contributed by atoms with Gasteiger partial charge >= 0.3 is 6.18 Å². The minimum absolute atomic E-state index is 0.287. The molecule has 7 heteroatoms. The molecule has 0 spiro atoms. The highest BCUT2D eigenvalue weighted by molar-refractivity contribution is 9.10. The smallest absolute Gasteiger partial charge is 0.317 e. The molecule has 0 unspecified atom stereocenters. The van der Waals surface area contributed by atoms with Gasteiger partial charge in [-0.05, 0) is 77.8 Å². The summed E-state index contributed by atoms with van der Waals surface area (Å²) in [6.45, 7) is 3.90. The van der Waals surface area contributed by atoms with Gasteiger partial charge in [0, 0.05) is 31.6 Å². The first-order valence-corrected chi connectivity index (χ1v) is 10.1. The van der Waals surface area contributed by atoms with E-state index in [0.29, 0.717) is 5.56 Å². The first-order chi connectivity index (χ1) is 13.6. The molecule has 2 aromatic carbocycles. The summed E-state index contributed by atoms with van der Waals surface area (Å²) >= 11 is 7.02. The molecule has 0 aliphatic rings. The van der Waals surface area contributed by atoms with E-state index in [1.54, 1.807) is 6.08 Å². The van der Waals surface area contributed by atoms with Crippen molar-refractivity contribution in [3.63, 3.8) is 0 Å². The lowest BCUT2D eigenvalue weighted by Gasteiger charge is -2.10.